The number of thioether (sulfide) groups is 1. The zero-order chi connectivity index (χ0) is 13.0. The van der Waals surface area contributed by atoms with Gasteiger partial charge >= 0.3 is 5.69 Å². The SMILES string of the molecule is CCn1c(SCC2(CS)CCCCC2)n[nH]c1=O. The lowest BCUT2D eigenvalue weighted by molar-refractivity contribution is 0.258. The first-order valence-corrected chi connectivity index (χ1v) is 8.21. The molecule has 1 aromatic rings. The summed E-state index contributed by atoms with van der Waals surface area (Å²) in [6.07, 6.45) is 6.47. The second-order valence-corrected chi connectivity index (χ2v) is 6.32. The van der Waals surface area contributed by atoms with Crippen LogP contribution in [0.25, 0.3) is 0 Å². The largest absolute Gasteiger partial charge is 0.343 e. The van der Waals surface area contributed by atoms with E-state index >= 15 is 0 Å². The summed E-state index contributed by atoms with van der Waals surface area (Å²) < 4.78 is 1.69. The monoisotopic (exact) mass is 287 g/mol. The average molecular weight is 287 g/mol. The average Bonchev–Trinajstić information content (AvgIpc) is 2.78. The van der Waals surface area contributed by atoms with Crippen LogP contribution >= 0.6 is 24.4 Å². The highest BCUT2D eigenvalue weighted by atomic mass is 32.2. The summed E-state index contributed by atoms with van der Waals surface area (Å²) in [4.78, 5) is 11.5. The van der Waals surface area contributed by atoms with Gasteiger partial charge in [0.05, 0.1) is 0 Å². The molecule has 0 radical (unpaired) electrons. The molecule has 18 heavy (non-hydrogen) atoms. The van der Waals surface area contributed by atoms with Crippen molar-refractivity contribution in [2.24, 2.45) is 5.41 Å². The molecule has 0 amide bonds. The van der Waals surface area contributed by atoms with E-state index in [4.69, 9.17) is 0 Å². The van der Waals surface area contributed by atoms with Crippen molar-refractivity contribution in [2.75, 3.05) is 11.5 Å². The van der Waals surface area contributed by atoms with Crippen molar-refractivity contribution in [3.63, 3.8) is 0 Å². The van der Waals surface area contributed by atoms with Gasteiger partial charge in [0.1, 0.15) is 0 Å². The summed E-state index contributed by atoms with van der Waals surface area (Å²) in [6, 6.07) is 0. The van der Waals surface area contributed by atoms with Crippen LogP contribution in [0.4, 0.5) is 0 Å². The first-order chi connectivity index (χ1) is 8.71. The molecule has 0 atom stereocenters. The first kappa shape index (κ1) is 14.1. The summed E-state index contributed by atoms with van der Waals surface area (Å²) in [7, 11) is 0. The Morgan fingerprint density at radius 2 is 2.17 bits per heavy atom. The van der Waals surface area contributed by atoms with Gasteiger partial charge in [0, 0.05) is 12.3 Å². The van der Waals surface area contributed by atoms with Gasteiger partial charge in [-0.3, -0.25) is 4.57 Å². The highest BCUT2D eigenvalue weighted by Crippen LogP contribution is 2.40. The van der Waals surface area contributed by atoms with Crippen LogP contribution in [0, 0.1) is 5.41 Å². The molecule has 4 nitrogen and oxygen atoms in total. The van der Waals surface area contributed by atoms with Crippen LogP contribution in [0.15, 0.2) is 9.95 Å². The number of thiol groups is 1. The standard InChI is InChI=1S/C12H21N3OS2/c1-2-15-10(16)13-14-11(15)18-9-12(8-17)6-4-3-5-7-12/h17H,2-9H2,1H3,(H,13,16). The number of aromatic nitrogens is 3. The van der Waals surface area contributed by atoms with Gasteiger partial charge in [0.2, 0.25) is 0 Å². The lowest BCUT2D eigenvalue weighted by Gasteiger charge is -2.35. The third-order valence-corrected chi connectivity index (χ3v) is 5.79. The molecule has 0 unspecified atom stereocenters. The minimum Gasteiger partial charge on any atom is -0.270 e. The van der Waals surface area contributed by atoms with E-state index in [1.54, 1.807) is 16.3 Å². The molecule has 1 aromatic heterocycles. The van der Waals surface area contributed by atoms with Crippen LogP contribution in [-0.2, 0) is 6.54 Å². The van der Waals surface area contributed by atoms with Crippen molar-refractivity contribution in [1.82, 2.24) is 14.8 Å². The van der Waals surface area contributed by atoms with Crippen molar-refractivity contribution in [1.29, 1.82) is 0 Å². The fraction of sp³-hybridized carbons (Fsp3) is 0.833. The van der Waals surface area contributed by atoms with E-state index in [9.17, 15) is 4.79 Å². The van der Waals surface area contributed by atoms with E-state index in [-0.39, 0.29) is 5.69 Å². The Balaban J connectivity index is 2.03. The van der Waals surface area contributed by atoms with E-state index in [0.717, 1.165) is 16.7 Å². The number of H-pyrrole nitrogens is 1. The van der Waals surface area contributed by atoms with Crippen molar-refractivity contribution in [2.45, 2.75) is 50.7 Å². The Bertz CT molecular complexity index is 435. The van der Waals surface area contributed by atoms with Crippen LogP contribution in [0.3, 0.4) is 0 Å². The number of hydrogen-bond donors (Lipinski definition) is 2. The molecule has 0 aliphatic heterocycles. The van der Waals surface area contributed by atoms with Gasteiger partial charge in [0.25, 0.3) is 0 Å². The van der Waals surface area contributed by atoms with Crippen LogP contribution in [-0.4, -0.2) is 26.3 Å². The number of nitrogens with one attached hydrogen (secondary N) is 1. The lowest BCUT2D eigenvalue weighted by Crippen LogP contribution is -2.29. The quantitative estimate of drug-likeness (QED) is 0.646. The summed E-state index contributed by atoms with van der Waals surface area (Å²) in [5.41, 5.74) is 0.225. The molecule has 1 saturated carbocycles. The summed E-state index contributed by atoms with van der Waals surface area (Å²) >= 11 is 6.23. The summed E-state index contributed by atoms with van der Waals surface area (Å²) in [5.74, 6) is 1.95. The van der Waals surface area contributed by atoms with Crippen molar-refractivity contribution in [3.05, 3.63) is 10.5 Å². The molecular formula is C12H21N3OS2. The normalized spacial score (nSPS) is 19.0. The van der Waals surface area contributed by atoms with E-state index in [1.807, 2.05) is 6.92 Å². The van der Waals surface area contributed by atoms with E-state index in [1.165, 1.54) is 32.1 Å². The maximum Gasteiger partial charge on any atom is 0.343 e. The Hall–Kier alpha value is -0.360. The van der Waals surface area contributed by atoms with E-state index in [0.29, 0.717) is 12.0 Å². The molecule has 102 valence electrons. The van der Waals surface area contributed by atoms with E-state index in [2.05, 4.69) is 22.8 Å². The van der Waals surface area contributed by atoms with Gasteiger partial charge < -0.3 is 0 Å². The highest BCUT2D eigenvalue weighted by Gasteiger charge is 2.31. The molecule has 0 bridgehead atoms. The second-order valence-electron chi connectivity index (χ2n) is 5.06. The van der Waals surface area contributed by atoms with Crippen LogP contribution < -0.4 is 5.69 Å². The molecule has 1 fully saturated rings. The molecule has 0 aromatic carbocycles. The third kappa shape index (κ3) is 2.96. The van der Waals surface area contributed by atoms with Crippen molar-refractivity contribution in [3.8, 4) is 0 Å². The smallest absolute Gasteiger partial charge is 0.270 e. The van der Waals surface area contributed by atoms with Crippen LogP contribution in [0.1, 0.15) is 39.0 Å². The summed E-state index contributed by atoms with van der Waals surface area (Å²) in [6.45, 7) is 2.64. The van der Waals surface area contributed by atoms with Crippen molar-refractivity contribution >= 4 is 24.4 Å². The van der Waals surface area contributed by atoms with Crippen LogP contribution in [0.5, 0.6) is 0 Å². The Kier molecular flexibility index (Phi) is 4.84. The second kappa shape index (κ2) is 6.19. The fourth-order valence-corrected chi connectivity index (χ4v) is 4.44. The van der Waals surface area contributed by atoms with Gasteiger partial charge in [0.15, 0.2) is 5.16 Å². The minimum atomic E-state index is -0.108. The fourth-order valence-electron chi connectivity index (χ4n) is 2.56. The molecule has 1 heterocycles. The van der Waals surface area contributed by atoms with Crippen LogP contribution in [0.2, 0.25) is 0 Å². The predicted octanol–water partition coefficient (Wildman–Crippen LogP) is 2.56. The number of hydrogen-bond acceptors (Lipinski definition) is 4. The maximum absolute atomic E-state index is 11.5. The molecular weight excluding hydrogens is 266 g/mol. The number of rotatable bonds is 5. The van der Waals surface area contributed by atoms with E-state index < -0.39 is 0 Å². The Morgan fingerprint density at radius 1 is 1.44 bits per heavy atom. The van der Waals surface area contributed by atoms with Gasteiger partial charge in [-0.15, -0.1) is 5.10 Å². The van der Waals surface area contributed by atoms with Gasteiger partial charge in [-0.2, -0.15) is 12.6 Å². The first-order valence-electron chi connectivity index (χ1n) is 6.60. The predicted molar refractivity (Wildman–Crippen MR) is 78.6 cm³/mol. The Labute approximate surface area is 117 Å². The zero-order valence-electron chi connectivity index (χ0n) is 10.8. The molecule has 1 N–H and O–H groups in total. The summed E-state index contributed by atoms with van der Waals surface area (Å²) in [5, 5.41) is 7.44. The third-order valence-electron chi connectivity index (χ3n) is 3.80. The molecule has 0 saturated heterocycles. The zero-order valence-corrected chi connectivity index (χ0v) is 12.5. The van der Waals surface area contributed by atoms with Crippen molar-refractivity contribution < 1.29 is 0 Å². The maximum atomic E-state index is 11.5. The van der Waals surface area contributed by atoms with Gasteiger partial charge in [-0.25, -0.2) is 9.89 Å². The minimum absolute atomic E-state index is 0.108. The lowest BCUT2D eigenvalue weighted by atomic mass is 9.77. The van der Waals surface area contributed by atoms with Gasteiger partial charge in [-0.05, 0) is 30.9 Å². The molecule has 6 heteroatoms. The van der Waals surface area contributed by atoms with Gasteiger partial charge in [-0.1, -0.05) is 31.0 Å². The molecule has 0 spiro atoms. The number of nitrogens with zero attached hydrogens (tertiary/aromatic N) is 2. The molecule has 1 aliphatic rings. The highest BCUT2D eigenvalue weighted by molar-refractivity contribution is 7.99. The molecule has 1 aliphatic carbocycles. The molecule has 2 rings (SSSR count). The Morgan fingerprint density at radius 3 is 2.78 bits per heavy atom. The topological polar surface area (TPSA) is 50.7 Å². The number of aromatic amines is 1.